The summed E-state index contributed by atoms with van der Waals surface area (Å²) in [5.74, 6) is -1.28. The first-order chi connectivity index (χ1) is 17.1. The second kappa shape index (κ2) is 10.9. The summed E-state index contributed by atoms with van der Waals surface area (Å²) >= 11 is 13.7. The second-order valence-corrected chi connectivity index (χ2v) is 11.1. The van der Waals surface area contributed by atoms with Gasteiger partial charge in [0.15, 0.2) is 5.17 Å². The van der Waals surface area contributed by atoms with Crippen molar-refractivity contribution >= 4 is 52.0 Å². The van der Waals surface area contributed by atoms with E-state index in [2.05, 4.69) is 4.90 Å². The van der Waals surface area contributed by atoms with Crippen molar-refractivity contribution in [2.45, 2.75) is 52.2 Å². The third-order valence-electron chi connectivity index (χ3n) is 6.43. The van der Waals surface area contributed by atoms with Crippen LogP contribution < -0.4 is 0 Å². The van der Waals surface area contributed by atoms with E-state index in [-0.39, 0.29) is 23.9 Å². The number of allylic oxidation sites excluding steroid dienone is 1. The lowest BCUT2D eigenvalue weighted by Gasteiger charge is -2.32. The molecule has 9 heteroatoms. The van der Waals surface area contributed by atoms with Crippen molar-refractivity contribution < 1.29 is 14.7 Å². The number of benzene rings is 2. The standard InChI is InChI=1S/C27H29Cl2N3O3S/c1-5-14-31(16(4)26(34)35)25(33)24-22(15(2)3)32-23(18-8-12-20(29)13-9-18)21(30-27(32)36-24)17-6-10-19(28)11-7-17/h6-13,15-16,21,23H,5,14H2,1-4H3,(H,34,35)/t16-,21-,23+/m0/s1. The highest BCUT2D eigenvalue weighted by Crippen LogP contribution is 2.53. The van der Waals surface area contributed by atoms with Crippen molar-refractivity contribution in [1.29, 1.82) is 0 Å². The first-order valence-electron chi connectivity index (χ1n) is 12.0. The molecule has 6 nitrogen and oxygen atoms in total. The zero-order valence-corrected chi connectivity index (χ0v) is 22.9. The van der Waals surface area contributed by atoms with E-state index in [9.17, 15) is 14.7 Å². The molecule has 36 heavy (non-hydrogen) atoms. The fourth-order valence-electron chi connectivity index (χ4n) is 4.67. The zero-order valence-electron chi connectivity index (χ0n) is 20.6. The molecule has 2 aliphatic rings. The van der Waals surface area contributed by atoms with E-state index in [1.807, 2.05) is 69.3 Å². The van der Waals surface area contributed by atoms with Crippen molar-refractivity contribution in [3.63, 3.8) is 0 Å². The van der Waals surface area contributed by atoms with Gasteiger partial charge in [-0.1, -0.05) is 68.2 Å². The molecule has 0 aromatic heterocycles. The number of thioether (sulfide) groups is 1. The van der Waals surface area contributed by atoms with Crippen molar-refractivity contribution in [1.82, 2.24) is 9.80 Å². The number of hydrogen-bond donors (Lipinski definition) is 1. The molecule has 0 radical (unpaired) electrons. The summed E-state index contributed by atoms with van der Waals surface area (Å²) in [6, 6.07) is 14.1. The van der Waals surface area contributed by atoms with Crippen molar-refractivity contribution in [2.75, 3.05) is 6.54 Å². The number of fused-ring (bicyclic) bond motifs is 1. The van der Waals surface area contributed by atoms with Gasteiger partial charge in [-0.05, 0) is 66.4 Å². The number of halogens is 2. The minimum absolute atomic E-state index is 0.00605. The van der Waals surface area contributed by atoms with Crippen LogP contribution in [0.1, 0.15) is 57.3 Å². The molecule has 3 atom stereocenters. The van der Waals surface area contributed by atoms with E-state index in [4.69, 9.17) is 28.2 Å². The van der Waals surface area contributed by atoms with E-state index in [0.717, 1.165) is 22.0 Å². The number of carboxylic acids is 1. The second-order valence-electron chi connectivity index (χ2n) is 9.26. The predicted molar refractivity (Wildman–Crippen MR) is 146 cm³/mol. The van der Waals surface area contributed by atoms with Crippen molar-refractivity contribution in [3.05, 3.63) is 80.3 Å². The molecule has 0 spiro atoms. The lowest BCUT2D eigenvalue weighted by Crippen LogP contribution is -2.44. The Labute approximate surface area is 226 Å². The summed E-state index contributed by atoms with van der Waals surface area (Å²) in [6.45, 7) is 7.94. The van der Waals surface area contributed by atoms with Crippen LogP contribution in [0.5, 0.6) is 0 Å². The number of rotatable bonds is 8. The molecule has 2 aromatic rings. The molecule has 0 fully saturated rings. The van der Waals surface area contributed by atoms with Crippen LogP contribution in [-0.2, 0) is 9.59 Å². The third kappa shape index (κ3) is 5.01. The van der Waals surface area contributed by atoms with E-state index in [1.54, 1.807) is 6.92 Å². The van der Waals surface area contributed by atoms with Crippen LogP contribution in [0.15, 0.2) is 64.1 Å². The summed E-state index contributed by atoms with van der Waals surface area (Å²) in [5, 5.41) is 11.7. The number of aliphatic imine (C=N–C) groups is 1. The minimum Gasteiger partial charge on any atom is -0.480 e. The van der Waals surface area contributed by atoms with Gasteiger partial charge in [0.2, 0.25) is 0 Å². The first kappa shape index (κ1) is 26.6. The first-order valence-corrected chi connectivity index (χ1v) is 13.5. The number of amidine groups is 1. The van der Waals surface area contributed by atoms with Gasteiger partial charge in [0.25, 0.3) is 5.91 Å². The molecule has 0 saturated heterocycles. The van der Waals surface area contributed by atoms with E-state index in [1.165, 1.54) is 16.7 Å². The van der Waals surface area contributed by atoms with Crippen LogP contribution in [0.4, 0.5) is 0 Å². The Morgan fingerprint density at radius 2 is 1.58 bits per heavy atom. The van der Waals surface area contributed by atoms with Gasteiger partial charge >= 0.3 is 5.97 Å². The van der Waals surface area contributed by atoms with Gasteiger partial charge in [-0.15, -0.1) is 0 Å². The summed E-state index contributed by atoms with van der Waals surface area (Å²) in [4.78, 5) is 34.8. The molecule has 2 aliphatic heterocycles. The highest BCUT2D eigenvalue weighted by molar-refractivity contribution is 8.18. The number of amides is 1. The number of hydrogen-bond acceptors (Lipinski definition) is 5. The molecule has 0 saturated carbocycles. The van der Waals surface area contributed by atoms with Gasteiger partial charge in [0.05, 0.1) is 6.04 Å². The maximum atomic E-state index is 13.8. The Kier molecular flexibility index (Phi) is 8.03. The lowest BCUT2D eigenvalue weighted by atomic mass is 9.92. The summed E-state index contributed by atoms with van der Waals surface area (Å²) in [5.41, 5.74) is 2.90. The van der Waals surface area contributed by atoms with E-state index in [0.29, 0.717) is 27.9 Å². The SMILES string of the molecule is CCCN(C(=O)C1=C(C(C)C)N2C(=N[C@@H](c3ccc(Cl)cc3)[C@H]2c2ccc(Cl)cc2)S1)[C@@H](C)C(=O)O. The maximum Gasteiger partial charge on any atom is 0.326 e. The lowest BCUT2D eigenvalue weighted by molar-refractivity contribution is -0.147. The Balaban J connectivity index is 1.82. The van der Waals surface area contributed by atoms with Crippen LogP contribution in [0, 0.1) is 5.92 Å². The fourth-order valence-corrected chi connectivity index (χ4v) is 6.23. The largest absolute Gasteiger partial charge is 0.480 e. The predicted octanol–water partition coefficient (Wildman–Crippen LogP) is 6.77. The van der Waals surface area contributed by atoms with E-state index >= 15 is 0 Å². The van der Waals surface area contributed by atoms with Gasteiger partial charge in [-0.2, -0.15) is 0 Å². The fraction of sp³-hybridized carbons (Fsp3) is 0.370. The quantitative estimate of drug-likeness (QED) is 0.396. The molecule has 1 amide bonds. The van der Waals surface area contributed by atoms with Crippen LogP contribution in [0.25, 0.3) is 0 Å². The summed E-state index contributed by atoms with van der Waals surface area (Å²) in [7, 11) is 0. The number of carbonyl (C=O) groups excluding carboxylic acids is 1. The van der Waals surface area contributed by atoms with E-state index < -0.39 is 12.0 Å². The molecule has 1 N–H and O–H groups in total. The van der Waals surface area contributed by atoms with Crippen LogP contribution in [-0.4, -0.2) is 44.5 Å². The van der Waals surface area contributed by atoms with Crippen LogP contribution >= 0.6 is 35.0 Å². The summed E-state index contributed by atoms with van der Waals surface area (Å²) in [6.07, 6.45) is 0.662. The number of nitrogens with zero attached hydrogens (tertiary/aromatic N) is 3. The normalized spacial score (nSPS) is 20.0. The molecule has 0 aliphatic carbocycles. The van der Waals surface area contributed by atoms with Crippen LogP contribution in [0.3, 0.4) is 0 Å². The Morgan fingerprint density at radius 1 is 1.03 bits per heavy atom. The monoisotopic (exact) mass is 545 g/mol. The average molecular weight is 547 g/mol. The smallest absolute Gasteiger partial charge is 0.326 e. The zero-order chi connectivity index (χ0) is 26.1. The van der Waals surface area contributed by atoms with Gasteiger partial charge in [0, 0.05) is 22.3 Å². The number of carbonyl (C=O) groups is 2. The molecular weight excluding hydrogens is 517 g/mol. The molecule has 0 bridgehead atoms. The van der Waals surface area contributed by atoms with Gasteiger partial charge < -0.3 is 14.9 Å². The van der Waals surface area contributed by atoms with Crippen molar-refractivity contribution in [3.8, 4) is 0 Å². The number of aliphatic carboxylic acids is 1. The highest BCUT2D eigenvalue weighted by atomic mass is 35.5. The molecule has 2 heterocycles. The van der Waals surface area contributed by atoms with Crippen molar-refractivity contribution in [2.24, 2.45) is 10.9 Å². The maximum absolute atomic E-state index is 13.8. The Morgan fingerprint density at radius 3 is 2.08 bits per heavy atom. The van der Waals surface area contributed by atoms with Gasteiger partial charge in [0.1, 0.15) is 17.0 Å². The van der Waals surface area contributed by atoms with Gasteiger partial charge in [-0.3, -0.25) is 9.79 Å². The Bertz CT molecular complexity index is 1210. The van der Waals surface area contributed by atoms with Gasteiger partial charge in [-0.25, -0.2) is 4.79 Å². The highest BCUT2D eigenvalue weighted by Gasteiger charge is 2.48. The Hall–Kier alpha value is -2.48. The third-order valence-corrected chi connectivity index (χ3v) is 8.01. The average Bonchev–Trinajstić information content (AvgIpc) is 3.39. The molecular formula is C27H29Cl2N3O3S. The molecule has 0 unspecified atom stereocenters. The molecule has 4 rings (SSSR count). The molecule has 190 valence electrons. The molecule has 2 aromatic carbocycles. The topological polar surface area (TPSA) is 73.2 Å². The minimum atomic E-state index is -1.02. The van der Waals surface area contributed by atoms with Crippen LogP contribution in [0.2, 0.25) is 10.0 Å². The number of carboxylic acid groups (broad SMARTS) is 1. The summed E-state index contributed by atoms with van der Waals surface area (Å²) < 4.78 is 0.